The molecule has 0 aliphatic rings. The first-order valence-electron chi connectivity index (χ1n) is 5.39. The van der Waals surface area contributed by atoms with Crippen molar-refractivity contribution in [2.45, 2.75) is 19.8 Å². The number of nitrogens with zero attached hydrogens (tertiary/aromatic N) is 2. The van der Waals surface area contributed by atoms with Gasteiger partial charge in [-0.15, -0.1) is 0 Å². The third-order valence-corrected chi connectivity index (χ3v) is 4.27. The Morgan fingerprint density at radius 1 is 1.59 bits per heavy atom. The van der Waals surface area contributed by atoms with Crippen molar-refractivity contribution >= 4 is 33.0 Å². The standard InChI is InChI=1S/C12H13BrN2OS/c1-3-9-12(13)10(15(2)14-9)6-11(16)8-4-5-17-7-8/h4-5,7H,3,6H2,1-2H3. The number of aryl methyl sites for hydroxylation is 2. The number of hydrogen-bond acceptors (Lipinski definition) is 3. The van der Waals surface area contributed by atoms with Crippen LogP contribution in [0.3, 0.4) is 0 Å². The molecule has 0 aliphatic heterocycles. The molecule has 0 atom stereocenters. The molecule has 5 heteroatoms. The van der Waals surface area contributed by atoms with E-state index >= 15 is 0 Å². The molecule has 0 aliphatic carbocycles. The molecule has 0 radical (unpaired) electrons. The molecule has 3 nitrogen and oxygen atoms in total. The SMILES string of the molecule is CCc1nn(C)c(CC(=O)c2ccsc2)c1Br. The fourth-order valence-corrected chi connectivity index (χ4v) is 3.11. The molecule has 0 aromatic carbocycles. The molecule has 2 rings (SSSR count). The monoisotopic (exact) mass is 312 g/mol. The summed E-state index contributed by atoms with van der Waals surface area (Å²) in [6.07, 6.45) is 1.25. The zero-order valence-electron chi connectivity index (χ0n) is 9.74. The number of Topliss-reactive ketones (excluding diaryl/α,β-unsaturated/α-hetero) is 1. The number of carbonyl (C=O) groups is 1. The van der Waals surface area contributed by atoms with E-state index in [1.165, 1.54) is 0 Å². The number of thiophene rings is 1. The highest BCUT2D eigenvalue weighted by molar-refractivity contribution is 9.10. The van der Waals surface area contributed by atoms with Gasteiger partial charge in [-0.3, -0.25) is 9.48 Å². The van der Waals surface area contributed by atoms with Gasteiger partial charge in [0.15, 0.2) is 5.78 Å². The van der Waals surface area contributed by atoms with Crippen LogP contribution in [0.5, 0.6) is 0 Å². The molecule has 0 amide bonds. The van der Waals surface area contributed by atoms with Gasteiger partial charge >= 0.3 is 0 Å². The second kappa shape index (κ2) is 5.14. The minimum Gasteiger partial charge on any atom is -0.294 e. The molecule has 2 aromatic rings. The van der Waals surface area contributed by atoms with Gasteiger partial charge in [0.2, 0.25) is 0 Å². The molecule has 0 fully saturated rings. The third-order valence-electron chi connectivity index (χ3n) is 2.67. The summed E-state index contributed by atoms with van der Waals surface area (Å²) in [6, 6.07) is 1.86. The Labute approximate surface area is 113 Å². The predicted octanol–water partition coefficient (Wildman–Crippen LogP) is 3.23. The lowest BCUT2D eigenvalue weighted by Gasteiger charge is -2.01. The Kier molecular flexibility index (Phi) is 3.79. The highest BCUT2D eigenvalue weighted by Crippen LogP contribution is 2.23. The maximum absolute atomic E-state index is 12.0. The fraction of sp³-hybridized carbons (Fsp3) is 0.333. The van der Waals surface area contributed by atoms with Crippen LogP contribution in [0, 0.1) is 0 Å². The molecule has 0 saturated heterocycles. The molecule has 17 heavy (non-hydrogen) atoms. The number of carbonyl (C=O) groups excluding carboxylic acids is 1. The van der Waals surface area contributed by atoms with Crippen LogP contribution in [0.1, 0.15) is 28.7 Å². The van der Waals surface area contributed by atoms with Gasteiger partial charge in [0.25, 0.3) is 0 Å². The average Bonchev–Trinajstić information content (AvgIpc) is 2.92. The molecule has 0 N–H and O–H groups in total. The molecule has 2 aromatic heterocycles. The highest BCUT2D eigenvalue weighted by Gasteiger charge is 2.16. The third kappa shape index (κ3) is 2.50. The smallest absolute Gasteiger partial charge is 0.169 e. The Balaban J connectivity index is 2.25. The largest absolute Gasteiger partial charge is 0.294 e. The zero-order valence-corrected chi connectivity index (χ0v) is 12.1. The van der Waals surface area contributed by atoms with Gasteiger partial charge in [0.1, 0.15) is 0 Å². The molecule has 90 valence electrons. The van der Waals surface area contributed by atoms with Crippen LogP contribution < -0.4 is 0 Å². The maximum Gasteiger partial charge on any atom is 0.169 e. The number of aromatic nitrogens is 2. The first-order valence-corrected chi connectivity index (χ1v) is 7.12. The molecule has 0 saturated carbocycles. The van der Waals surface area contributed by atoms with Crippen molar-refractivity contribution < 1.29 is 4.79 Å². The van der Waals surface area contributed by atoms with Crippen LogP contribution in [0.4, 0.5) is 0 Å². The van der Waals surface area contributed by atoms with Crippen molar-refractivity contribution in [3.05, 3.63) is 38.3 Å². The van der Waals surface area contributed by atoms with E-state index in [0.717, 1.165) is 27.8 Å². The van der Waals surface area contributed by atoms with E-state index in [1.54, 1.807) is 16.0 Å². The van der Waals surface area contributed by atoms with Crippen molar-refractivity contribution in [1.29, 1.82) is 0 Å². The van der Waals surface area contributed by atoms with Crippen LogP contribution in [0.2, 0.25) is 0 Å². The van der Waals surface area contributed by atoms with Gasteiger partial charge in [0.05, 0.1) is 22.3 Å². The van der Waals surface area contributed by atoms with E-state index in [-0.39, 0.29) is 5.78 Å². The van der Waals surface area contributed by atoms with Crippen molar-refractivity contribution in [2.24, 2.45) is 7.05 Å². The first-order chi connectivity index (χ1) is 8.13. The summed E-state index contributed by atoms with van der Waals surface area (Å²) in [7, 11) is 1.88. The number of hydrogen-bond donors (Lipinski definition) is 0. The normalized spacial score (nSPS) is 10.8. The van der Waals surface area contributed by atoms with E-state index in [1.807, 2.05) is 23.9 Å². The van der Waals surface area contributed by atoms with E-state index in [0.29, 0.717) is 6.42 Å². The molecule has 0 spiro atoms. The Morgan fingerprint density at radius 3 is 2.88 bits per heavy atom. The van der Waals surface area contributed by atoms with E-state index in [2.05, 4.69) is 28.0 Å². The number of ketones is 1. The van der Waals surface area contributed by atoms with Gasteiger partial charge in [-0.1, -0.05) is 6.92 Å². The minimum atomic E-state index is 0.137. The molecule has 0 bridgehead atoms. The van der Waals surface area contributed by atoms with E-state index in [9.17, 15) is 4.79 Å². The Morgan fingerprint density at radius 2 is 2.35 bits per heavy atom. The molecular weight excluding hydrogens is 300 g/mol. The van der Waals surface area contributed by atoms with Crippen LogP contribution in [0.15, 0.2) is 21.3 Å². The molecule has 0 unspecified atom stereocenters. The molecular formula is C12H13BrN2OS. The van der Waals surface area contributed by atoms with Crippen LogP contribution in [-0.4, -0.2) is 15.6 Å². The summed E-state index contributed by atoms with van der Waals surface area (Å²) >= 11 is 5.06. The minimum absolute atomic E-state index is 0.137. The fourth-order valence-electron chi connectivity index (χ4n) is 1.69. The molecule has 2 heterocycles. The summed E-state index contributed by atoms with van der Waals surface area (Å²) in [5, 5.41) is 8.19. The topological polar surface area (TPSA) is 34.9 Å². The van der Waals surface area contributed by atoms with E-state index in [4.69, 9.17) is 0 Å². The zero-order chi connectivity index (χ0) is 12.4. The lowest BCUT2D eigenvalue weighted by atomic mass is 10.1. The second-order valence-electron chi connectivity index (χ2n) is 3.80. The van der Waals surface area contributed by atoms with Crippen LogP contribution in [0.25, 0.3) is 0 Å². The van der Waals surface area contributed by atoms with Gasteiger partial charge in [-0.05, 0) is 33.8 Å². The maximum atomic E-state index is 12.0. The number of rotatable bonds is 4. The predicted molar refractivity (Wildman–Crippen MR) is 72.6 cm³/mol. The summed E-state index contributed by atoms with van der Waals surface area (Å²) in [5.74, 6) is 0.137. The van der Waals surface area contributed by atoms with Crippen molar-refractivity contribution in [1.82, 2.24) is 9.78 Å². The number of halogens is 1. The Bertz CT molecular complexity index is 531. The highest BCUT2D eigenvalue weighted by atomic mass is 79.9. The summed E-state index contributed by atoms with van der Waals surface area (Å²) in [4.78, 5) is 12.0. The summed E-state index contributed by atoms with van der Waals surface area (Å²) in [5.41, 5.74) is 2.72. The van der Waals surface area contributed by atoms with Crippen LogP contribution >= 0.6 is 27.3 Å². The lowest BCUT2D eigenvalue weighted by Crippen LogP contribution is -2.07. The van der Waals surface area contributed by atoms with Crippen molar-refractivity contribution in [3.8, 4) is 0 Å². The second-order valence-corrected chi connectivity index (χ2v) is 5.37. The summed E-state index contributed by atoms with van der Waals surface area (Å²) < 4.78 is 2.75. The van der Waals surface area contributed by atoms with E-state index < -0.39 is 0 Å². The first kappa shape index (κ1) is 12.5. The van der Waals surface area contributed by atoms with Gasteiger partial charge in [-0.2, -0.15) is 16.4 Å². The van der Waals surface area contributed by atoms with Gasteiger partial charge in [0, 0.05) is 18.0 Å². The van der Waals surface area contributed by atoms with Crippen molar-refractivity contribution in [2.75, 3.05) is 0 Å². The quantitative estimate of drug-likeness (QED) is 0.812. The van der Waals surface area contributed by atoms with Gasteiger partial charge < -0.3 is 0 Å². The van der Waals surface area contributed by atoms with Gasteiger partial charge in [-0.25, -0.2) is 0 Å². The van der Waals surface area contributed by atoms with Crippen molar-refractivity contribution in [3.63, 3.8) is 0 Å². The van der Waals surface area contributed by atoms with Crippen LogP contribution in [-0.2, 0) is 19.9 Å². The lowest BCUT2D eigenvalue weighted by molar-refractivity contribution is 0.0991. The average molecular weight is 313 g/mol. The summed E-state index contributed by atoms with van der Waals surface area (Å²) in [6.45, 7) is 2.05. The Hall–Kier alpha value is -0.940.